The predicted molar refractivity (Wildman–Crippen MR) is 114 cm³/mol. The third kappa shape index (κ3) is 4.20. The van der Waals surface area contributed by atoms with Crippen LogP contribution in [0.4, 0.5) is 0 Å². The Balaban J connectivity index is 1.35. The molecule has 0 saturated carbocycles. The molecule has 2 aromatic rings. The number of carbonyl (C=O) groups is 1. The number of amides is 1. The average molecular weight is 419 g/mol. The zero-order valence-electron chi connectivity index (χ0n) is 17.2. The van der Waals surface area contributed by atoms with E-state index in [-0.39, 0.29) is 11.9 Å². The number of sulfonamides is 1. The number of fused-ring (bicyclic) bond motifs is 3. The fraction of sp³-hybridized carbons (Fsp3) is 0.571. The third-order valence-corrected chi connectivity index (χ3v) is 7.70. The molecule has 158 valence electrons. The topological polar surface area (TPSA) is 76.7 Å². The van der Waals surface area contributed by atoms with Crippen LogP contribution >= 0.6 is 0 Å². The van der Waals surface area contributed by atoms with Crippen molar-refractivity contribution >= 4 is 26.8 Å². The molecule has 2 aliphatic heterocycles. The second kappa shape index (κ2) is 8.08. The summed E-state index contributed by atoms with van der Waals surface area (Å²) in [7, 11) is -3.18. The highest BCUT2D eigenvalue weighted by Gasteiger charge is 2.31. The SMILES string of the molecule is CCN(C1CCN(CC(=O)N2CCc3[nH]c4ccccc4c3C2)CC1)S(C)(=O)=O. The Hall–Kier alpha value is -1.90. The summed E-state index contributed by atoms with van der Waals surface area (Å²) in [5, 5.41) is 1.21. The number of para-hydroxylation sites is 1. The van der Waals surface area contributed by atoms with E-state index in [0.29, 0.717) is 19.6 Å². The molecule has 0 aliphatic carbocycles. The van der Waals surface area contributed by atoms with Crippen molar-refractivity contribution in [2.45, 2.75) is 38.8 Å². The Morgan fingerprint density at radius 3 is 2.62 bits per heavy atom. The number of likely N-dealkylation sites (tertiary alicyclic amines) is 1. The highest BCUT2D eigenvalue weighted by Crippen LogP contribution is 2.28. The van der Waals surface area contributed by atoms with Gasteiger partial charge in [0.15, 0.2) is 0 Å². The molecule has 1 amide bonds. The third-order valence-electron chi connectivity index (χ3n) is 6.30. The normalized spacial score (nSPS) is 19.1. The largest absolute Gasteiger partial charge is 0.358 e. The summed E-state index contributed by atoms with van der Waals surface area (Å²) in [5.41, 5.74) is 3.63. The van der Waals surface area contributed by atoms with Gasteiger partial charge in [0, 0.05) is 67.3 Å². The minimum Gasteiger partial charge on any atom is -0.358 e. The first-order chi connectivity index (χ1) is 13.9. The van der Waals surface area contributed by atoms with E-state index in [1.807, 2.05) is 24.0 Å². The van der Waals surface area contributed by atoms with Gasteiger partial charge < -0.3 is 9.88 Å². The van der Waals surface area contributed by atoms with E-state index in [1.54, 1.807) is 4.31 Å². The van der Waals surface area contributed by atoms with Crippen LogP contribution in [0.2, 0.25) is 0 Å². The quantitative estimate of drug-likeness (QED) is 0.803. The molecular formula is C21H30N4O3S. The maximum Gasteiger partial charge on any atom is 0.237 e. The lowest BCUT2D eigenvalue weighted by atomic mass is 10.0. The standard InChI is InChI=1S/C21H30N4O3S/c1-3-25(29(2,27)28)16-8-11-23(12-9-16)15-21(26)24-13-10-20-18(14-24)17-6-4-5-7-19(17)22-20/h4-7,16,22H,3,8-15H2,1-2H3. The van der Waals surface area contributed by atoms with Crippen molar-refractivity contribution in [3.8, 4) is 0 Å². The van der Waals surface area contributed by atoms with Crippen LogP contribution in [-0.4, -0.2) is 78.4 Å². The summed E-state index contributed by atoms with van der Waals surface area (Å²) in [6.07, 6.45) is 3.70. The van der Waals surface area contributed by atoms with Crippen molar-refractivity contribution in [3.05, 3.63) is 35.5 Å². The molecule has 3 heterocycles. The maximum absolute atomic E-state index is 12.9. The Kier molecular flexibility index (Phi) is 5.68. The monoisotopic (exact) mass is 418 g/mol. The highest BCUT2D eigenvalue weighted by atomic mass is 32.2. The van der Waals surface area contributed by atoms with Gasteiger partial charge >= 0.3 is 0 Å². The number of hydrogen-bond acceptors (Lipinski definition) is 4. The van der Waals surface area contributed by atoms with Crippen LogP contribution in [0.25, 0.3) is 10.9 Å². The molecule has 2 aliphatic rings. The zero-order chi connectivity index (χ0) is 20.6. The van der Waals surface area contributed by atoms with Crippen LogP contribution in [0.15, 0.2) is 24.3 Å². The van der Waals surface area contributed by atoms with Crippen molar-refractivity contribution in [1.29, 1.82) is 0 Å². The van der Waals surface area contributed by atoms with E-state index in [0.717, 1.165) is 44.4 Å². The molecule has 1 saturated heterocycles. The number of aromatic amines is 1. The molecule has 0 spiro atoms. The first kappa shape index (κ1) is 20.4. The van der Waals surface area contributed by atoms with Gasteiger partial charge in [-0.25, -0.2) is 8.42 Å². The van der Waals surface area contributed by atoms with Gasteiger partial charge in [-0.2, -0.15) is 4.31 Å². The molecule has 4 rings (SSSR count). The Morgan fingerprint density at radius 2 is 1.93 bits per heavy atom. The fourth-order valence-electron chi connectivity index (χ4n) is 4.80. The van der Waals surface area contributed by atoms with Crippen LogP contribution in [0.5, 0.6) is 0 Å². The lowest BCUT2D eigenvalue weighted by molar-refractivity contribution is -0.133. The highest BCUT2D eigenvalue weighted by molar-refractivity contribution is 7.88. The molecule has 8 heteroatoms. The number of nitrogens with zero attached hydrogens (tertiary/aromatic N) is 3. The summed E-state index contributed by atoms with van der Waals surface area (Å²) < 4.78 is 25.5. The number of nitrogens with one attached hydrogen (secondary N) is 1. The molecule has 1 N–H and O–H groups in total. The van der Waals surface area contributed by atoms with Crippen molar-refractivity contribution < 1.29 is 13.2 Å². The molecule has 7 nitrogen and oxygen atoms in total. The first-order valence-electron chi connectivity index (χ1n) is 10.4. The minimum absolute atomic E-state index is 0.0464. The van der Waals surface area contributed by atoms with Gasteiger partial charge in [-0.15, -0.1) is 0 Å². The summed E-state index contributed by atoms with van der Waals surface area (Å²) in [5.74, 6) is 0.162. The van der Waals surface area contributed by atoms with Crippen molar-refractivity contribution in [2.24, 2.45) is 0 Å². The molecule has 1 aromatic carbocycles. The number of piperidine rings is 1. The number of H-pyrrole nitrogens is 1. The van der Waals surface area contributed by atoms with Crippen LogP contribution < -0.4 is 0 Å². The van der Waals surface area contributed by atoms with E-state index < -0.39 is 10.0 Å². The lowest BCUT2D eigenvalue weighted by Gasteiger charge is -2.37. The summed E-state index contributed by atoms with van der Waals surface area (Å²) in [6, 6.07) is 8.31. The summed E-state index contributed by atoms with van der Waals surface area (Å²) >= 11 is 0. The van der Waals surface area contributed by atoms with Gasteiger partial charge in [-0.05, 0) is 18.9 Å². The molecule has 0 radical (unpaired) electrons. The number of carbonyl (C=O) groups excluding carboxylic acids is 1. The predicted octanol–water partition coefficient (Wildman–Crippen LogP) is 1.80. The van der Waals surface area contributed by atoms with E-state index in [1.165, 1.54) is 22.9 Å². The van der Waals surface area contributed by atoms with E-state index in [2.05, 4.69) is 22.0 Å². The van der Waals surface area contributed by atoms with Crippen LogP contribution in [0.3, 0.4) is 0 Å². The van der Waals surface area contributed by atoms with Crippen molar-refractivity contribution in [2.75, 3.05) is 39.0 Å². The molecular weight excluding hydrogens is 388 g/mol. The van der Waals surface area contributed by atoms with Gasteiger partial charge in [0.1, 0.15) is 0 Å². The lowest BCUT2D eigenvalue weighted by Crippen LogP contribution is -2.49. The summed E-state index contributed by atoms with van der Waals surface area (Å²) in [6.45, 7) is 5.72. The van der Waals surface area contributed by atoms with Gasteiger partial charge in [-0.3, -0.25) is 9.69 Å². The second-order valence-electron chi connectivity index (χ2n) is 8.17. The maximum atomic E-state index is 12.9. The number of hydrogen-bond donors (Lipinski definition) is 1. The molecule has 0 bridgehead atoms. The van der Waals surface area contributed by atoms with Crippen LogP contribution in [0.1, 0.15) is 31.0 Å². The first-order valence-corrected chi connectivity index (χ1v) is 12.3. The molecule has 0 unspecified atom stereocenters. The Bertz CT molecular complexity index is 993. The number of rotatable bonds is 5. The van der Waals surface area contributed by atoms with Crippen molar-refractivity contribution in [1.82, 2.24) is 19.1 Å². The van der Waals surface area contributed by atoms with E-state index in [4.69, 9.17) is 0 Å². The Labute approximate surface area is 172 Å². The Morgan fingerprint density at radius 1 is 1.21 bits per heavy atom. The van der Waals surface area contributed by atoms with E-state index >= 15 is 0 Å². The van der Waals surface area contributed by atoms with Crippen LogP contribution in [-0.2, 0) is 27.8 Å². The van der Waals surface area contributed by atoms with Gasteiger partial charge in [0.25, 0.3) is 0 Å². The minimum atomic E-state index is -3.18. The summed E-state index contributed by atoms with van der Waals surface area (Å²) in [4.78, 5) is 20.5. The molecule has 1 fully saturated rings. The smallest absolute Gasteiger partial charge is 0.237 e. The van der Waals surface area contributed by atoms with Gasteiger partial charge in [0.2, 0.25) is 15.9 Å². The number of aromatic nitrogens is 1. The molecule has 29 heavy (non-hydrogen) atoms. The van der Waals surface area contributed by atoms with Gasteiger partial charge in [0.05, 0.1) is 12.8 Å². The molecule has 0 atom stereocenters. The molecule has 1 aromatic heterocycles. The van der Waals surface area contributed by atoms with Crippen molar-refractivity contribution in [3.63, 3.8) is 0 Å². The zero-order valence-corrected chi connectivity index (χ0v) is 18.0. The fourth-order valence-corrected chi connectivity index (χ4v) is 6.02. The average Bonchev–Trinajstić information content (AvgIpc) is 3.06. The van der Waals surface area contributed by atoms with E-state index in [9.17, 15) is 13.2 Å². The number of benzene rings is 1. The van der Waals surface area contributed by atoms with Crippen LogP contribution in [0, 0.1) is 0 Å². The van der Waals surface area contributed by atoms with Gasteiger partial charge in [-0.1, -0.05) is 25.1 Å². The second-order valence-corrected chi connectivity index (χ2v) is 10.1.